The number of methoxy groups -OCH3 is 1. The third kappa shape index (κ3) is 4.88. The van der Waals surface area contributed by atoms with Crippen molar-refractivity contribution < 1.29 is 14.2 Å². The zero-order valence-corrected chi connectivity index (χ0v) is 13.2. The van der Waals surface area contributed by atoms with Crippen LogP contribution < -0.4 is 14.8 Å². The van der Waals surface area contributed by atoms with Gasteiger partial charge in [-0.05, 0) is 19.7 Å². The fourth-order valence-corrected chi connectivity index (χ4v) is 2.35. The van der Waals surface area contributed by atoms with Gasteiger partial charge >= 0.3 is 0 Å². The number of morpholine rings is 1. The molecule has 1 N–H and O–H groups in total. The van der Waals surface area contributed by atoms with Crippen LogP contribution in [0.15, 0.2) is 18.2 Å². The molecule has 1 aromatic carbocycles. The van der Waals surface area contributed by atoms with E-state index in [0.717, 1.165) is 49.8 Å². The van der Waals surface area contributed by atoms with Crippen molar-refractivity contribution in [3.63, 3.8) is 0 Å². The SMILES string of the molecule is CCNCc1ccc(OC)cc1OCC1CN(C)CCO1. The van der Waals surface area contributed by atoms with Crippen molar-refractivity contribution in [3.05, 3.63) is 23.8 Å². The third-order valence-electron chi connectivity index (χ3n) is 3.61. The first-order chi connectivity index (χ1) is 10.2. The molecule has 1 unspecified atom stereocenters. The van der Waals surface area contributed by atoms with Gasteiger partial charge in [-0.3, -0.25) is 0 Å². The van der Waals surface area contributed by atoms with E-state index in [0.29, 0.717) is 6.61 Å². The molecule has 0 aromatic heterocycles. The second-order valence-electron chi connectivity index (χ2n) is 5.32. The van der Waals surface area contributed by atoms with E-state index in [1.54, 1.807) is 7.11 Å². The smallest absolute Gasteiger partial charge is 0.127 e. The molecule has 1 aliphatic heterocycles. The normalized spacial score (nSPS) is 19.5. The van der Waals surface area contributed by atoms with Gasteiger partial charge in [0.15, 0.2) is 0 Å². The zero-order chi connectivity index (χ0) is 15.1. The molecule has 0 aliphatic carbocycles. The Morgan fingerprint density at radius 2 is 2.29 bits per heavy atom. The van der Waals surface area contributed by atoms with Crippen LogP contribution in [0.5, 0.6) is 11.5 Å². The molecule has 21 heavy (non-hydrogen) atoms. The number of likely N-dealkylation sites (N-methyl/N-ethyl adjacent to an activating group) is 1. The maximum Gasteiger partial charge on any atom is 0.127 e. The van der Waals surface area contributed by atoms with Crippen molar-refractivity contribution in [2.24, 2.45) is 0 Å². The van der Waals surface area contributed by atoms with Crippen LogP contribution in [0, 0.1) is 0 Å². The average molecular weight is 294 g/mol. The van der Waals surface area contributed by atoms with Crippen molar-refractivity contribution in [3.8, 4) is 11.5 Å². The summed E-state index contributed by atoms with van der Waals surface area (Å²) in [6, 6.07) is 5.95. The number of nitrogens with one attached hydrogen (secondary N) is 1. The number of benzene rings is 1. The zero-order valence-electron chi connectivity index (χ0n) is 13.2. The maximum atomic E-state index is 5.99. The van der Waals surface area contributed by atoms with Gasteiger partial charge in [0.2, 0.25) is 0 Å². The van der Waals surface area contributed by atoms with Gasteiger partial charge in [0.1, 0.15) is 24.2 Å². The predicted molar refractivity (Wildman–Crippen MR) is 83.1 cm³/mol. The Bertz CT molecular complexity index is 440. The van der Waals surface area contributed by atoms with Crippen LogP contribution in [-0.2, 0) is 11.3 Å². The highest BCUT2D eigenvalue weighted by atomic mass is 16.5. The molecule has 5 heteroatoms. The molecule has 1 aromatic rings. The fraction of sp³-hybridized carbons (Fsp3) is 0.625. The van der Waals surface area contributed by atoms with E-state index < -0.39 is 0 Å². The number of hydrogen-bond donors (Lipinski definition) is 1. The van der Waals surface area contributed by atoms with E-state index in [4.69, 9.17) is 14.2 Å². The monoisotopic (exact) mass is 294 g/mol. The summed E-state index contributed by atoms with van der Waals surface area (Å²) in [6.45, 7) is 7.05. The molecular weight excluding hydrogens is 268 g/mol. The summed E-state index contributed by atoms with van der Waals surface area (Å²) in [5.74, 6) is 1.68. The Kier molecular flexibility index (Phi) is 6.29. The minimum atomic E-state index is 0.127. The highest BCUT2D eigenvalue weighted by Gasteiger charge is 2.19. The van der Waals surface area contributed by atoms with E-state index in [1.165, 1.54) is 0 Å². The lowest BCUT2D eigenvalue weighted by Crippen LogP contribution is -2.42. The molecule has 1 saturated heterocycles. The van der Waals surface area contributed by atoms with Gasteiger partial charge in [0.05, 0.1) is 13.7 Å². The first kappa shape index (κ1) is 16.1. The Morgan fingerprint density at radius 1 is 1.43 bits per heavy atom. The maximum absolute atomic E-state index is 5.99. The summed E-state index contributed by atoms with van der Waals surface area (Å²) in [5, 5.41) is 3.33. The van der Waals surface area contributed by atoms with Crippen LogP contribution in [0.3, 0.4) is 0 Å². The summed E-state index contributed by atoms with van der Waals surface area (Å²) in [7, 11) is 3.78. The molecule has 0 bridgehead atoms. The van der Waals surface area contributed by atoms with Crippen LogP contribution in [0.2, 0.25) is 0 Å². The number of rotatable bonds is 7. The fourth-order valence-electron chi connectivity index (χ4n) is 2.35. The predicted octanol–water partition coefficient (Wildman–Crippen LogP) is 1.51. The highest BCUT2D eigenvalue weighted by Crippen LogP contribution is 2.25. The van der Waals surface area contributed by atoms with Crippen LogP contribution in [0.4, 0.5) is 0 Å². The van der Waals surface area contributed by atoms with E-state index in [2.05, 4.69) is 24.2 Å². The van der Waals surface area contributed by atoms with Gasteiger partial charge < -0.3 is 24.4 Å². The topological polar surface area (TPSA) is 43.0 Å². The van der Waals surface area contributed by atoms with Crippen molar-refractivity contribution in [2.75, 3.05) is 47.0 Å². The van der Waals surface area contributed by atoms with Crippen molar-refractivity contribution in [1.29, 1.82) is 0 Å². The summed E-state index contributed by atoms with van der Waals surface area (Å²) < 4.78 is 17.0. The number of hydrogen-bond acceptors (Lipinski definition) is 5. The molecule has 118 valence electrons. The van der Waals surface area contributed by atoms with Crippen LogP contribution in [0.1, 0.15) is 12.5 Å². The second kappa shape index (κ2) is 8.22. The molecule has 1 fully saturated rings. The molecule has 0 radical (unpaired) electrons. The minimum Gasteiger partial charge on any atom is -0.497 e. The largest absolute Gasteiger partial charge is 0.497 e. The van der Waals surface area contributed by atoms with E-state index in [9.17, 15) is 0 Å². The van der Waals surface area contributed by atoms with Crippen molar-refractivity contribution in [1.82, 2.24) is 10.2 Å². The molecule has 0 amide bonds. The Hall–Kier alpha value is -1.30. The van der Waals surface area contributed by atoms with E-state index in [-0.39, 0.29) is 6.10 Å². The first-order valence-corrected chi connectivity index (χ1v) is 7.53. The van der Waals surface area contributed by atoms with Crippen LogP contribution in [0.25, 0.3) is 0 Å². The lowest BCUT2D eigenvalue weighted by molar-refractivity contribution is -0.0405. The lowest BCUT2D eigenvalue weighted by Gasteiger charge is -2.30. The summed E-state index contributed by atoms with van der Waals surface area (Å²) in [6.07, 6.45) is 0.127. The number of ether oxygens (including phenoxy) is 3. The lowest BCUT2D eigenvalue weighted by atomic mass is 10.2. The summed E-state index contributed by atoms with van der Waals surface area (Å²) in [5.41, 5.74) is 1.14. The third-order valence-corrected chi connectivity index (χ3v) is 3.61. The highest BCUT2D eigenvalue weighted by molar-refractivity contribution is 5.40. The van der Waals surface area contributed by atoms with Gasteiger partial charge in [-0.1, -0.05) is 13.0 Å². The Balaban J connectivity index is 1.98. The van der Waals surface area contributed by atoms with Gasteiger partial charge in [0.25, 0.3) is 0 Å². The van der Waals surface area contributed by atoms with Crippen molar-refractivity contribution in [2.45, 2.75) is 19.6 Å². The molecule has 0 saturated carbocycles. The van der Waals surface area contributed by atoms with Crippen LogP contribution >= 0.6 is 0 Å². The average Bonchev–Trinajstić information content (AvgIpc) is 2.51. The minimum absolute atomic E-state index is 0.127. The van der Waals surface area contributed by atoms with Gasteiger partial charge in [-0.15, -0.1) is 0 Å². The number of nitrogens with zero attached hydrogens (tertiary/aromatic N) is 1. The molecular formula is C16H26N2O3. The molecule has 2 rings (SSSR count). The van der Waals surface area contributed by atoms with Gasteiger partial charge in [0, 0.05) is 31.3 Å². The van der Waals surface area contributed by atoms with E-state index >= 15 is 0 Å². The Morgan fingerprint density at radius 3 is 3.00 bits per heavy atom. The molecule has 1 atom stereocenters. The Labute approximate surface area is 127 Å². The van der Waals surface area contributed by atoms with Gasteiger partial charge in [-0.2, -0.15) is 0 Å². The second-order valence-corrected chi connectivity index (χ2v) is 5.32. The first-order valence-electron chi connectivity index (χ1n) is 7.53. The standard InChI is InChI=1S/C16H26N2O3/c1-4-17-10-13-5-6-14(19-3)9-16(13)21-12-15-11-18(2)7-8-20-15/h5-6,9,15,17H,4,7-8,10-12H2,1-3H3. The quantitative estimate of drug-likeness (QED) is 0.826. The van der Waals surface area contributed by atoms with Crippen LogP contribution in [-0.4, -0.2) is 58.0 Å². The van der Waals surface area contributed by atoms with E-state index in [1.807, 2.05) is 18.2 Å². The molecule has 0 spiro atoms. The molecule has 5 nitrogen and oxygen atoms in total. The van der Waals surface area contributed by atoms with Crippen molar-refractivity contribution >= 4 is 0 Å². The molecule has 1 heterocycles. The summed E-state index contributed by atoms with van der Waals surface area (Å²) in [4.78, 5) is 2.27. The van der Waals surface area contributed by atoms with Gasteiger partial charge in [-0.25, -0.2) is 0 Å². The molecule has 1 aliphatic rings. The summed E-state index contributed by atoms with van der Waals surface area (Å²) >= 11 is 0.